The molecule has 1 N–H and O–H groups in total. The summed E-state index contributed by atoms with van der Waals surface area (Å²) in [5, 5.41) is 2.54. The molecule has 1 aliphatic heterocycles. The number of amides is 1. The molecule has 0 radical (unpaired) electrons. The summed E-state index contributed by atoms with van der Waals surface area (Å²) in [7, 11) is 0. The van der Waals surface area contributed by atoms with Gasteiger partial charge in [0.05, 0.1) is 12.1 Å². The molecule has 1 unspecified atom stereocenters. The van der Waals surface area contributed by atoms with E-state index in [-0.39, 0.29) is 12.1 Å². The topological polar surface area (TPSA) is 58.6 Å². The monoisotopic (exact) mass is 356 g/mol. The normalized spacial score (nSPS) is 17.6. The molecule has 0 saturated carbocycles. The van der Waals surface area contributed by atoms with E-state index < -0.39 is 23.7 Å². The van der Waals surface area contributed by atoms with Crippen molar-refractivity contribution in [2.45, 2.75) is 25.9 Å². The fourth-order valence-electron chi connectivity index (χ4n) is 2.98. The minimum Gasteiger partial charge on any atom is -0.463 e. The first-order valence-corrected chi connectivity index (χ1v) is 8.53. The Morgan fingerprint density at radius 3 is 2.77 bits per heavy atom. The smallest absolute Gasteiger partial charge is 0.323 e. The third-order valence-corrected chi connectivity index (χ3v) is 4.34. The van der Waals surface area contributed by atoms with Gasteiger partial charge in [-0.1, -0.05) is 36.4 Å². The number of nitrogens with one attached hydrogen (secondary N) is 1. The number of nitrogens with zero attached hydrogens (tertiary/aromatic N) is 1. The van der Waals surface area contributed by atoms with Gasteiger partial charge < -0.3 is 10.1 Å². The van der Waals surface area contributed by atoms with E-state index in [9.17, 15) is 14.0 Å². The zero-order valence-corrected chi connectivity index (χ0v) is 14.6. The molecule has 6 heteroatoms. The summed E-state index contributed by atoms with van der Waals surface area (Å²) in [5.41, 5.74) is 1.93. The van der Waals surface area contributed by atoms with Crippen molar-refractivity contribution in [1.82, 2.24) is 4.90 Å². The average Bonchev–Trinajstić information content (AvgIpc) is 2.61. The highest BCUT2D eigenvalue weighted by atomic mass is 19.1. The second-order valence-electron chi connectivity index (χ2n) is 6.37. The zero-order valence-electron chi connectivity index (χ0n) is 14.6. The Balaban J connectivity index is 1.68. The number of rotatable bonds is 5. The van der Waals surface area contributed by atoms with Crippen molar-refractivity contribution in [2.24, 2.45) is 0 Å². The molecule has 1 aliphatic rings. The van der Waals surface area contributed by atoms with Gasteiger partial charge in [-0.15, -0.1) is 0 Å². The number of hydrogen-bond acceptors (Lipinski definition) is 4. The zero-order chi connectivity index (χ0) is 18.5. The van der Waals surface area contributed by atoms with Gasteiger partial charge in [0, 0.05) is 13.1 Å². The summed E-state index contributed by atoms with van der Waals surface area (Å²) in [5.74, 6) is -1.34. The van der Waals surface area contributed by atoms with Crippen molar-refractivity contribution in [2.75, 3.05) is 18.5 Å². The van der Waals surface area contributed by atoms with Crippen molar-refractivity contribution in [3.05, 3.63) is 65.5 Å². The lowest BCUT2D eigenvalue weighted by Crippen LogP contribution is -2.49. The lowest BCUT2D eigenvalue weighted by Gasteiger charge is -2.33. The molecule has 1 amide bonds. The lowest BCUT2D eigenvalue weighted by molar-refractivity contribution is -0.159. The van der Waals surface area contributed by atoms with Crippen LogP contribution in [0.3, 0.4) is 0 Å². The Morgan fingerprint density at radius 1 is 1.27 bits per heavy atom. The quantitative estimate of drug-likeness (QED) is 0.837. The first-order chi connectivity index (χ1) is 12.5. The molecule has 26 heavy (non-hydrogen) atoms. The summed E-state index contributed by atoms with van der Waals surface area (Å²) in [4.78, 5) is 26.4. The number of anilines is 1. The Bertz CT molecular complexity index is 795. The largest absolute Gasteiger partial charge is 0.463 e. The van der Waals surface area contributed by atoms with Gasteiger partial charge in [-0.3, -0.25) is 14.5 Å². The Kier molecular flexibility index (Phi) is 5.63. The van der Waals surface area contributed by atoms with E-state index in [1.165, 1.54) is 12.1 Å². The van der Waals surface area contributed by atoms with Gasteiger partial charge in [0.2, 0.25) is 5.91 Å². The van der Waals surface area contributed by atoms with E-state index in [2.05, 4.69) is 5.32 Å². The van der Waals surface area contributed by atoms with E-state index >= 15 is 0 Å². The summed E-state index contributed by atoms with van der Waals surface area (Å²) < 4.78 is 19.0. The van der Waals surface area contributed by atoms with E-state index in [0.29, 0.717) is 19.7 Å². The fourth-order valence-corrected chi connectivity index (χ4v) is 2.98. The molecule has 0 spiro atoms. The highest BCUT2D eigenvalue weighted by Crippen LogP contribution is 2.19. The van der Waals surface area contributed by atoms with Crippen molar-refractivity contribution in [3.8, 4) is 0 Å². The van der Waals surface area contributed by atoms with Crippen LogP contribution in [-0.4, -0.2) is 36.0 Å². The van der Waals surface area contributed by atoms with Crippen LogP contribution in [0.4, 0.5) is 10.1 Å². The van der Waals surface area contributed by atoms with Gasteiger partial charge in [0.25, 0.3) is 0 Å². The second kappa shape index (κ2) is 8.10. The van der Waals surface area contributed by atoms with Crippen LogP contribution in [0.5, 0.6) is 0 Å². The van der Waals surface area contributed by atoms with Gasteiger partial charge in [0.1, 0.15) is 18.5 Å². The highest BCUT2D eigenvalue weighted by molar-refractivity contribution is 5.94. The number of esters is 1. The van der Waals surface area contributed by atoms with Crippen molar-refractivity contribution < 1.29 is 18.7 Å². The first kappa shape index (κ1) is 18.1. The molecule has 1 atom stereocenters. The molecule has 5 nitrogen and oxygen atoms in total. The number of aryl methyl sites for hydroxylation is 1. The minimum atomic E-state index is -0.683. The SMILES string of the molecule is Cc1ccc(NC(=O)CC2C(=O)OCCN2Cc2ccccc2)c(F)c1. The highest BCUT2D eigenvalue weighted by Gasteiger charge is 2.33. The number of carbonyl (C=O) groups excluding carboxylic acids is 2. The average molecular weight is 356 g/mol. The summed E-state index contributed by atoms with van der Waals surface area (Å²) in [6.45, 7) is 3.18. The summed E-state index contributed by atoms with van der Waals surface area (Å²) in [6.07, 6.45) is -0.0843. The Hall–Kier alpha value is -2.73. The number of ether oxygens (including phenoxy) is 1. The predicted molar refractivity (Wildman–Crippen MR) is 96.0 cm³/mol. The number of morpholine rings is 1. The molecule has 2 aromatic rings. The van der Waals surface area contributed by atoms with Crippen LogP contribution in [0, 0.1) is 12.7 Å². The van der Waals surface area contributed by atoms with Crippen LogP contribution < -0.4 is 5.32 Å². The minimum absolute atomic E-state index is 0.0843. The maximum atomic E-state index is 13.9. The molecule has 0 aromatic heterocycles. The molecular formula is C20H21FN2O3. The number of carbonyl (C=O) groups is 2. The van der Waals surface area contributed by atoms with Gasteiger partial charge >= 0.3 is 5.97 Å². The van der Waals surface area contributed by atoms with Gasteiger partial charge in [-0.2, -0.15) is 0 Å². The first-order valence-electron chi connectivity index (χ1n) is 8.53. The third kappa shape index (κ3) is 4.46. The molecule has 1 heterocycles. The molecular weight excluding hydrogens is 335 g/mol. The van der Waals surface area contributed by atoms with Crippen LogP contribution >= 0.6 is 0 Å². The van der Waals surface area contributed by atoms with E-state index in [0.717, 1.165) is 11.1 Å². The standard InChI is InChI=1S/C20H21FN2O3/c1-14-7-8-17(16(21)11-14)22-19(24)12-18-20(25)26-10-9-23(18)13-15-5-3-2-4-6-15/h2-8,11,18H,9-10,12-13H2,1H3,(H,22,24). The van der Waals surface area contributed by atoms with Gasteiger partial charge in [0.15, 0.2) is 0 Å². The number of benzene rings is 2. The van der Waals surface area contributed by atoms with E-state index in [1.807, 2.05) is 35.2 Å². The third-order valence-electron chi connectivity index (χ3n) is 4.34. The number of hydrogen-bond donors (Lipinski definition) is 1. The molecule has 1 saturated heterocycles. The number of cyclic esters (lactones) is 1. The van der Waals surface area contributed by atoms with Crippen molar-refractivity contribution >= 4 is 17.6 Å². The van der Waals surface area contributed by atoms with Crippen LogP contribution in [-0.2, 0) is 20.9 Å². The van der Waals surface area contributed by atoms with Crippen molar-refractivity contribution in [1.29, 1.82) is 0 Å². The lowest BCUT2D eigenvalue weighted by atomic mass is 10.1. The van der Waals surface area contributed by atoms with Crippen LogP contribution in [0.1, 0.15) is 17.5 Å². The molecule has 1 fully saturated rings. The van der Waals surface area contributed by atoms with E-state index in [4.69, 9.17) is 4.74 Å². The Labute approximate surface area is 151 Å². The molecule has 0 aliphatic carbocycles. The van der Waals surface area contributed by atoms with Gasteiger partial charge in [-0.25, -0.2) is 4.39 Å². The fraction of sp³-hybridized carbons (Fsp3) is 0.300. The summed E-state index contributed by atoms with van der Waals surface area (Å²) in [6, 6.07) is 13.6. The van der Waals surface area contributed by atoms with Crippen molar-refractivity contribution in [3.63, 3.8) is 0 Å². The molecule has 3 rings (SSSR count). The summed E-state index contributed by atoms with van der Waals surface area (Å²) >= 11 is 0. The predicted octanol–water partition coefficient (Wildman–Crippen LogP) is 2.89. The second-order valence-corrected chi connectivity index (χ2v) is 6.37. The molecule has 2 aromatic carbocycles. The van der Waals surface area contributed by atoms with Gasteiger partial charge in [-0.05, 0) is 30.2 Å². The Morgan fingerprint density at radius 2 is 2.04 bits per heavy atom. The molecule has 136 valence electrons. The molecule has 0 bridgehead atoms. The van der Waals surface area contributed by atoms with Crippen LogP contribution in [0.25, 0.3) is 0 Å². The van der Waals surface area contributed by atoms with Crippen LogP contribution in [0.15, 0.2) is 48.5 Å². The maximum absolute atomic E-state index is 13.9. The number of halogens is 1. The van der Waals surface area contributed by atoms with E-state index in [1.54, 1.807) is 13.0 Å². The van der Waals surface area contributed by atoms with Crippen LogP contribution in [0.2, 0.25) is 0 Å². The maximum Gasteiger partial charge on any atom is 0.323 e.